The van der Waals surface area contributed by atoms with Gasteiger partial charge in [0.25, 0.3) is 5.91 Å². The Balaban J connectivity index is 1.71. The van der Waals surface area contributed by atoms with Gasteiger partial charge < -0.3 is 9.67 Å². The van der Waals surface area contributed by atoms with Crippen LogP contribution in [-0.2, 0) is 7.05 Å². The van der Waals surface area contributed by atoms with E-state index in [1.165, 1.54) is 12.1 Å². The van der Waals surface area contributed by atoms with E-state index in [1.807, 2.05) is 43.4 Å². The maximum Gasteiger partial charge on any atom is 0.271 e. The molecule has 0 aliphatic carbocycles. The smallest absolute Gasteiger partial charge is 0.271 e. The average molecular weight is 369 g/mol. The second kappa shape index (κ2) is 7.40. The zero-order chi connectivity index (χ0) is 19.5. The van der Waals surface area contributed by atoms with Crippen LogP contribution in [0, 0.1) is 0 Å². The van der Waals surface area contributed by atoms with Gasteiger partial charge in [0.05, 0.1) is 11.9 Å². The van der Waals surface area contributed by atoms with Gasteiger partial charge in [-0.3, -0.25) is 4.79 Å². The van der Waals surface area contributed by atoms with Crippen molar-refractivity contribution >= 4 is 23.0 Å². The zero-order valence-corrected chi connectivity index (χ0v) is 15.3. The quantitative estimate of drug-likeness (QED) is 0.416. The number of fused-ring (bicyclic) bond motifs is 1. The molecular weight excluding hydrogens is 350 g/mol. The number of hydrogen-bond donors (Lipinski definition) is 2. The number of amides is 1. The van der Waals surface area contributed by atoms with E-state index in [2.05, 4.69) is 33.3 Å². The lowest BCUT2D eigenvalue weighted by molar-refractivity contribution is 0.0955. The summed E-state index contributed by atoms with van der Waals surface area (Å²) in [5.41, 5.74) is 7.12. The maximum atomic E-state index is 12.3. The van der Waals surface area contributed by atoms with Crippen molar-refractivity contribution in [3.8, 4) is 17.0 Å². The molecule has 0 spiro atoms. The summed E-state index contributed by atoms with van der Waals surface area (Å²) in [4.78, 5) is 12.3. The first-order valence-electron chi connectivity index (χ1n) is 8.90. The van der Waals surface area contributed by atoms with E-state index in [0.717, 1.165) is 27.7 Å². The van der Waals surface area contributed by atoms with Gasteiger partial charge in [-0.1, -0.05) is 48.5 Å². The molecule has 2 N–H and O–H groups in total. The molecule has 0 saturated heterocycles. The number of hydrazone groups is 1. The molecular formula is C23H19N3O2. The summed E-state index contributed by atoms with van der Waals surface area (Å²) < 4.78 is 2.13. The van der Waals surface area contributed by atoms with Gasteiger partial charge in [0, 0.05) is 29.1 Å². The summed E-state index contributed by atoms with van der Waals surface area (Å²) >= 11 is 0. The molecule has 4 aromatic rings. The fraction of sp³-hybridized carbons (Fsp3) is 0.0435. The summed E-state index contributed by atoms with van der Waals surface area (Å²) in [5, 5.41) is 14.6. The van der Waals surface area contributed by atoms with Crippen molar-refractivity contribution in [2.24, 2.45) is 12.1 Å². The number of benzene rings is 3. The van der Waals surface area contributed by atoms with Crippen LogP contribution in [0.5, 0.6) is 5.75 Å². The molecule has 0 unspecified atom stereocenters. The number of aromatic hydroxyl groups is 1. The number of nitrogens with zero attached hydrogens (tertiary/aromatic N) is 2. The zero-order valence-electron chi connectivity index (χ0n) is 15.3. The van der Waals surface area contributed by atoms with Crippen molar-refractivity contribution in [1.82, 2.24) is 9.99 Å². The first kappa shape index (κ1) is 17.5. The molecule has 1 amide bonds. The lowest BCUT2D eigenvalue weighted by atomic mass is 10.1. The van der Waals surface area contributed by atoms with Crippen molar-refractivity contribution in [3.05, 3.63) is 90.0 Å². The van der Waals surface area contributed by atoms with E-state index < -0.39 is 0 Å². The van der Waals surface area contributed by atoms with Crippen LogP contribution in [0.25, 0.3) is 22.2 Å². The first-order chi connectivity index (χ1) is 13.6. The van der Waals surface area contributed by atoms with Crippen molar-refractivity contribution in [2.45, 2.75) is 0 Å². The number of phenols is 1. The molecule has 5 nitrogen and oxygen atoms in total. The Labute approximate surface area is 162 Å². The predicted octanol–water partition coefficient (Wildman–Crippen LogP) is 4.31. The lowest BCUT2D eigenvalue weighted by Crippen LogP contribution is -2.17. The second-order valence-electron chi connectivity index (χ2n) is 6.45. The third kappa shape index (κ3) is 3.25. The molecule has 0 aliphatic heterocycles. The Hall–Kier alpha value is -3.86. The van der Waals surface area contributed by atoms with Crippen LogP contribution in [0.3, 0.4) is 0 Å². The highest BCUT2D eigenvalue weighted by molar-refractivity contribution is 6.07. The molecule has 5 heteroatoms. The third-order valence-electron chi connectivity index (χ3n) is 4.68. The number of aromatic nitrogens is 1. The maximum absolute atomic E-state index is 12.3. The fourth-order valence-electron chi connectivity index (χ4n) is 3.33. The van der Waals surface area contributed by atoms with Gasteiger partial charge in [-0.15, -0.1) is 0 Å². The highest BCUT2D eigenvalue weighted by atomic mass is 16.3. The van der Waals surface area contributed by atoms with Gasteiger partial charge in [0.2, 0.25) is 0 Å². The number of carbonyl (C=O) groups is 1. The van der Waals surface area contributed by atoms with Crippen LogP contribution in [0.15, 0.2) is 84.0 Å². The topological polar surface area (TPSA) is 66.6 Å². The number of nitrogens with one attached hydrogen (secondary N) is 1. The number of para-hydroxylation sites is 1. The molecule has 138 valence electrons. The first-order valence-corrected chi connectivity index (χ1v) is 8.90. The molecule has 28 heavy (non-hydrogen) atoms. The van der Waals surface area contributed by atoms with Crippen LogP contribution in [-0.4, -0.2) is 21.8 Å². The largest absolute Gasteiger partial charge is 0.508 e. The number of carbonyl (C=O) groups excluding carboxylic acids is 1. The van der Waals surface area contributed by atoms with Crippen molar-refractivity contribution in [3.63, 3.8) is 0 Å². The minimum absolute atomic E-state index is 0.114. The van der Waals surface area contributed by atoms with Gasteiger partial charge >= 0.3 is 0 Å². The summed E-state index contributed by atoms with van der Waals surface area (Å²) in [6, 6.07) is 24.2. The van der Waals surface area contributed by atoms with Gasteiger partial charge in [0.1, 0.15) is 5.75 Å². The molecule has 3 aromatic carbocycles. The van der Waals surface area contributed by atoms with Crippen molar-refractivity contribution < 1.29 is 9.90 Å². The van der Waals surface area contributed by atoms with Crippen LogP contribution in [0.2, 0.25) is 0 Å². The summed E-state index contributed by atoms with van der Waals surface area (Å²) in [5.74, 6) is -0.221. The number of hydrogen-bond acceptors (Lipinski definition) is 3. The Kier molecular flexibility index (Phi) is 4.64. The number of rotatable bonds is 4. The van der Waals surface area contributed by atoms with Gasteiger partial charge in [-0.2, -0.15) is 5.10 Å². The molecule has 1 heterocycles. The predicted molar refractivity (Wildman–Crippen MR) is 112 cm³/mol. The van der Waals surface area contributed by atoms with E-state index in [9.17, 15) is 9.90 Å². The van der Waals surface area contributed by atoms with Crippen LogP contribution in [0.4, 0.5) is 0 Å². The molecule has 0 radical (unpaired) electrons. The van der Waals surface area contributed by atoms with Crippen molar-refractivity contribution in [1.29, 1.82) is 0 Å². The van der Waals surface area contributed by atoms with Crippen LogP contribution < -0.4 is 5.43 Å². The lowest BCUT2D eigenvalue weighted by Gasteiger charge is -2.06. The minimum Gasteiger partial charge on any atom is -0.508 e. The van der Waals surface area contributed by atoms with E-state index in [-0.39, 0.29) is 11.7 Å². The molecule has 0 fully saturated rings. The minimum atomic E-state index is -0.335. The fourth-order valence-corrected chi connectivity index (χ4v) is 3.33. The van der Waals surface area contributed by atoms with Gasteiger partial charge in [0.15, 0.2) is 0 Å². The average Bonchev–Trinajstić information content (AvgIpc) is 3.01. The van der Waals surface area contributed by atoms with Crippen LogP contribution >= 0.6 is 0 Å². The van der Waals surface area contributed by atoms with E-state index >= 15 is 0 Å². The summed E-state index contributed by atoms with van der Waals surface area (Å²) in [7, 11) is 2.02. The molecule has 0 bridgehead atoms. The molecule has 4 rings (SSSR count). The Bertz CT molecular complexity index is 1160. The number of aryl methyl sites for hydroxylation is 1. The van der Waals surface area contributed by atoms with Crippen molar-refractivity contribution in [2.75, 3.05) is 0 Å². The normalized spacial score (nSPS) is 11.2. The Morgan fingerprint density at radius 1 is 0.964 bits per heavy atom. The third-order valence-corrected chi connectivity index (χ3v) is 4.68. The summed E-state index contributed by atoms with van der Waals surface area (Å²) in [6.07, 6.45) is 1.68. The SMILES string of the molecule is Cn1c(-c2ccccc2)c(/C=N\NC(=O)c2ccc(O)cc2)c2ccccc21. The molecule has 1 aromatic heterocycles. The van der Waals surface area contributed by atoms with E-state index in [4.69, 9.17) is 0 Å². The second-order valence-corrected chi connectivity index (χ2v) is 6.45. The highest BCUT2D eigenvalue weighted by Crippen LogP contribution is 2.31. The molecule has 0 atom stereocenters. The molecule has 0 saturated carbocycles. The van der Waals surface area contributed by atoms with Crippen LogP contribution in [0.1, 0.15) is 15.9 Å². The molecule has 0 aliphatic rings. The highest BCUT2D eigenvalue weighted by Gasteiger charge is 2.15. The Morgan fingerprint density at radius 3 is 2.39 bits per heavy atom. The van der Waals surface area contributed by atoms with Gasteiger partial charge in [-0.25, -0.2) is 5.43 Å². The number of phenolic OH excluding ortho intramolecular Hbond substituents is 1. The van der Waals surface area contributed by atoms with Gasteiger partial charge in [-0.05, 0) is 35.9 Å². The van der Waals surface area contributed by atoms with E-state index in [0.29, 0.717) is 5.56 Å². The summed E-state index contributed by atoms with van der Waals surface area (Å²) in [6.45, 7) is 0. The monoisotopic (exact) mass is 369 g/mol. The van der Waals surface area contributed by atoms with E-state index in [1.54, 1.807) is 18.3 Å². The standard InChI is InChI=1S/C23H19N3O2/c1-26-21-10-6-5-9-19(21)20(22(26)16-7-3-2-4-8-16)15-24-25-23(28)17-11-13-18(27)14-12-17/h2-15,27H,1H3,(H,25,28)/b24-15-. The Morgan fingerprint density at radius 2 is 1.64 bits per heavy atom.